The standard InChI is InChI=1S/C15H21BrN2O/c1-18(10-11-6-8-12(16)9-7-11)15(19)13-4-2-3-5-14(13)17/h6-9,13-14H,2-5,10,17H2,1H3. The van der Waals surface area contributed by atoms with E-state index in [1.165, 1.54) is 0 Å². The van der Waals surface area contributed by atoms with E-state index in [-0.39, 0.29) is 17.9 Å². The summed E-state index contributed by atoms with van der Waals surface area (Å²) in [4.78, 5) is 14.2. The molecule has 1 aliphatic carbocycles. The third kappa shape index (κ3) is 3.80. The molecule has 2 unspecified atom stereocenters. The first-order valence-corrected chi connectivity index (χ1v) is 7.62. The summed E-state index contributed by atoms with van der Waals surface area (Å²) in [5.41, 5.74) is 7.22. The Kier molecular flexibility index (Phi) is 4.99. The molecule has 1 aromatic rings. The number of hydrogen-bond acceptors (Lipinski definition) is 2. The van der Waals surface area contributed by atoms with Crippen LogP contribution in [-0.4, -0.2) is 23.9 Å². The maximum Gasteiger partial charge on any atom is 0.227 e. The van der Waals surface area contributed by atoms with Gasteiger partial charge in [-0.1, -0.05) is 40.9 Å². The molecule has 1 amide bonds. The maximum absolute atomic E-state index is 12.4. The zero-order chi connectivity index (χ0) is 13.8. The summed E-state index contributed by atoms with van der Waals surface area (Å²) >= 11 is 3.41. The molecule has 2 atom stereocenters. The molecule has 3 nitrogen and oxygen atoms in total. The van der Waals surface area contributed by atoms with Crippen molar-refractivity contribution >= 4 is 21.8 Å². The smallest absolute Gasteiger partial charge is 0.227 e. The highest BCUT2D eigenvalue weighted by Crippen LogP contribution is 2.25. The number of carbonyl (C=O) groups is 1. The molecule has 0 spiro atoms. The van der Waals surface area contributed by atoms with E-state index in [9.17, 15) is 4.79 Å². The van der Waals surface area contributed by atoms with Gasteiger partial charge < -0.3 is 10.6 Å². The topological polar surface area (TPSA) is 46.3 Å². The molecule has 0 aromatic heterocycles. The van der Waals surface area contributed by atoms with Crippen molar-refractivity contribution in [1.29, 1.82) is 0 Å². The van der Waals surface area contributed by atoms with Crippen LogP contribution in [0.4, 0.5) is 0 Å². The first kappa shape index (κ1) is 14.5. The predicted octanol–water partition coefficient (Wildman–Crippen LogP) is 2.93. The van der Waals surface area contributed by atoms with Gasteiger partial charge >= 0.3 is 0 Å². The fourth-order valence-electron chi connectivity index (χ4n) is 2.69. The predicted molar refractivity (Wildman–Crippen MR) is 80.5 cm³/mol. The molecule has 1 saturated carbocycles. The van der Waals surface area contributed by atoms with E-state index in [2.05, 4.69) is 15.9 Å². The van der Waals surface area contributed by atoms with Gasteiger partial charge in [0.05, 0.1) is 5.92 Å². The number of nitrogens with zero attached hydrogens (tertiary/aromatic N) is 1. The molecule has 1 aliphatic rings. The molecule has 104 valence electrons. The van der Waals surface area contributed by atoms with Gasteiger partial charge in [0.1, 0.15) is 0 Å². The largest absolute Gasteiger partial charge is 0.341 e. The second-order valence-corrected chi connectivity index (χ2v) is 6.29. The molecule has 0 aliphatic heterocycles. The van der Waals surface area contributed by atoms with E-state index < -0.39 is 0 Å². The Labute approximate surface area is 123 Å². The molecular formula is C15H21BrN2O. The lowest BCUT2D eigenvalue weighted by molar-refractivity contribution is -0.136. The van der Waals surface area contributed by atoms with Gasteiger partial charge in [0, 0.05) is 24.1 Å². The van der Waals surface area contributed by atoms with Crippen LogP contribution in [0, 0.1) is 5.92 Å². The first-order chi connectivity index (χ1) is 9.08. The second kappa shape index (κ2) is 6.53. The van der Waals surface area contributed by atoms with Gasteiger partial charge in [0.2, 0.25) is 5.91 Å². The normalized spacial score (nSPS) is 23.1. The van der Waals surface area contributed by atoms with Crippen molar-refractivity contribution < 1.29 is 4.79 Å². The summed E-state index contributed by atoms with van der Waals surface area (Å²) in [5.74, 6) is 0.198. The summed E-state index contributed by atoms with van der Waals surface area (Å²) in [6.45, 7) is 0.648. The molecule has 4 heteroatoms. The van der Waals surface area contributed by atoms with E-state index in [1.54, 1.807) is 4.90 Å². The van der Waals surface area contributed by atoms with Crippen molar-refractivity contribution in [1.82, 2.24) is 4.90 Å². The summed E-state index contributed by atoms with van der Waals surface area (Å²) < 4.78 is 1.06. The second-order valence-electron chi connectivity index (χ2n) is 5.38. The van der Waals surface area contributed by atoms with Gasteiger partial charge in [0.15, 0.2) is 0 Å². The van der Waals surface area contributed by atoms with Gasteiger partial charge in [-0.2, -0.15) is 0 Å². The monoisotopic (exact) mass is 324 g/mol. The van der Waals surface area contributed by atoms with Gasteiger partial charge in [-0.3, -0.25) is 4.79 Å². The van der Waals surface area contributed by atoms with Crippen molar-refractivity contribution in [3.05, 3.63) is 34.3 Å². The first-order valence-electron chi connectivity index (χ1n) is 6.83. The average Bonchev–Trinajstić information content (AvgIpc) is 2.41. The number of nitrogens with two attached hydrogens (primary N) is 1. The highest BCUT2D eigenvalue weighted by molar-refractivity contribution is 9.10. The Hall–Kier alpha value is -0.870. The molecule has 0 radical (unpaired) electrons. The summed E-state index contributed by atoms with van der Waals surface area (Å²) in [6, 6.07) is 8.11. The molecule has 19 heavy (non-hydrogen) atoms. The average molecular weight is 325 g/mol. The van der Waals surface area contributed by atoms with Gasteiger partial charge in [0.25, 0.3) is 0 Å². The Balaban J connectivity index is 1.96. The van der Waals surface area contributed by atoms with Crippen LogP contribution in [0.3, 0.4) is 0 Å². The van der Waals surface area contributed by atoms with E-state index in [1.807, 2.05) is 31.3 Å². The molecule has 1 fully saturated rings. The minimum atomic E-state index is 0.00852. The van der Waals surface area contributed by atoms with Gasteiger partial charge in [-0.25, -0.2) is 0 Å². The molecule has 2 rings (SSSR count). The highest BCUT2D eigenvalue weighted by Gasteiger charge is 2.30. The Morgan fingerprint density at radius 2 is 1.95 bits per heavy atom. The van der Waals surface area contributed by atoms with Crippen LogP contribution >= 0.6 is 15.9 Å². The molecule has 1 aromatic carbocycles. The summed E-state index contributed by atoms with van der Waals surface area (Å²) in [6.07, 6.45) is 4.19. The minimum absolute atomic E-state index is 0.00852. The Bertz CT molecular complexity index is 432. The summed E-state index contributed by atoms with van der Waals surface area (Å²) in [5, 5.41) is 0. The maximum atomic E-state index is 12.4. The van der Waals surface area contributed by atoms with Crippen LogP contribution in [0.5, 0.6) is 0 Å². The SMILES string of the molecule is CN(Cc1ccc(Br)cc1)C(=O)C1CCCCC1N. The van der Waals surface area contributed by atoms with Crippen LogP contribution < -0.4 is 5.73 Å². The molecular weight excluding hydrogens is 304 g/mol. The van der Waals surface area contributed by atoms with Crippen LogP contribution in [0.25, 0.3) is 0 Å². The number of carbonyl (C=O) groups excluding carboxylic acids is 1. The summed E-state index contributed by atoms with van der Waals surface area (Å²) in [7, 11) is 1.87. The van der Waals surface area contributed by atoms with Gasteiger partial charge in [-0.15, -0.1) is 0 Å². The number of hydrogen-bond donors (Lipinski definition) is 1. The van der Waals surface area contributed by atoms with Crippen LogP contribution in [0.15, 0.2) is 28.7 Å². The lowest BCUT2D eigenvalue weighted by Crippen LogP contribution is -2.44. The van der Waals surface area contributed by atoms with Crippen LogP contribution in [-0.2, 0) is 11.3 Å². The van der Waals surface area contributed by atoms with Crippen molar-refractivity contribution in [2.45, 2.75) is 38.3 Å². The van der Waals surface area contributed by atoms with E-state index in [0.717, 1.165) is 35.7 Å². The third-order valence-electron chi connectivity index (χ3n) is 3.85. The van der Waals surface area contributed by atoms with Crippen LogP contribution in [0.2, 0.25) is 0 Å². The zero-order valence-electron chi connectivity index (χ0n) is 11.3. The van der Waals surface area contributed by atoms with E-state index >= 15 is 0 Å². The van der Waals surface area contributed by atoms with Gasteiger partial charge in [-0.05, 0) is 30.5 Å². The molecule has 0 heterocycles. The zero-order valence-corrected chi connectivity index (χ0v) is 12.9. The molecule has 0 saturated heterocycles. The number of benzene rings is 1. The van der Waals surface area contributed by atoms with Crippen molar-refractivity contribution in [3.63, 3.8) is 0 Å². The van der Waals surface area contributed by atoms with Crippen molar-refractivity contribution in [2.75, 3.05) is 7.05 Å². The van der Waals surface area contributed by atoms with Crippen molar-refractivity contribution in [2.24, 2.45) is 11.7 Å². The molecule has 0 bridgehead atoms. The lowest BCUT2D eigenvalue weighted by Gasteiger charge is -2.31. The fraction of sp³-hybridized carbons (Fsp3) is 0.533. The fourth-order valence-corrected chi connectivity index (χ4v) is 2.96. The van der Waals surface area contributed by atoms with Crippen molar-refractivity contribution in [3.8, 4) is 0 Å². The Morgan fingerprint density at radius 3 is 2.58 bits per heavy atom. The molecule has 2 N–H and O–H groups in total. The minimum Gasteiger partial charge on any atom is -0.341 e. The highest BCUT2D eigenvalue weighted by atomic mass is 79.9. The number of rotatable bonds is 3. The quantitative estimate of drug-likeness (QED) is 0.929. The van der Waals surface area contributed by atoms with Crippen LogP contribution in [0.1, 0.15) is 31.2 Å². The number of amides is 1. The number of halogens is 1. The third-order valence-corrected chi connectivity index (χ3v) is 4.37. The van der Waals surface area contributed by atoms with E-state index in [0.29, 0.717) is 6.54 Å². The lowest BCUT2D eigenvalue weighted by atomic mass is 9.84. The Morgan fingerprint density at radius 1 is 1.32 bits per heavy atom. The van der Waals surface area contributed by atoms with E-state index in [4.69, 9.17) is 5.73 Å².